The number of carbonyl (C=O) groups is 2. The van der Waals surface area contributed by atoms with Crippen molar-refractivity contribution in [1.29, 1.82) is 0 Å². The Hall–Kier alpha value is -4.16. The third kappa shape index (κ3) is 2.80. The number of rotatable bonds is 4. The van der Waals surface area contributed by atoms with Gasteiger partial charge in [0.05, 0.1) is 23.2 Å². The minimum absolute atomic E-state index is 0.0547. The minimum Gasteiger partial charge on any atom is -0.450 e. The zero-order valence-electron chi connectivity index (χ0n) is 18.5. The van der Waals surface area contributed by atoms with Gasteiger partial charge in [0.2, 0.25) is 5.76 Å². The van der Waals surface area contributed by atoms with Crippen LogP contribution in [0.4, 0.5) is 5.69 Å². The van der Waals surface area contributed by atoms with Gasteiger partial charge < -0.3 is 14.2 Å². The van der Waals surface area contributed by atoms with Crippen LogP contribution in [0.2, 0.25) is 5.02 Å². The van der Waals surface area contributed by atoms with Gasteiger partial charge in [0.1, 0.15) is 5.58 Å². The van der Waals surface area contributed by atoms with Crippen molar-refractivity contribution in [2.45, 2.75) is 12.1 Å². The summed E-state index contributed by atoms with van der Waals surface area (Å²) in [6.45, 7) is 4.10. The van der Waals surface area contributed by atoms with Crippen LogP contribution in [-0.2, 0) is 16.9 Å². The van der Waals surface area contributed by atoms with Crippen molar-refractivity contribution in [3.63, 3.8) is 0 Å². The average Bonchev–Trinajstić information content (AvgIpc) is 3.26. The van der Waals surface area contributed by atoms with Crippen molar-refractivity contribution in [2.75, 3.05) is 11.4 Å². The first kappa shape index (κ1) is 21.4. The minimum atomic E-state index is -1.64. The summed E-state index contributed by atoms with van der Waals surface area (Å²) in [6, 6.07) is 21.2. The van der Waals surface area contributed by atoms with E-state index in [9.17, 15) is 14.4 Å². The van der Waals surface area contributed by atoms with Gasteiger partial charge in [-0.3, -0.25) is 14.4 Å². The first-order valence-corrected chi connectivity index (χ1v) is 11.5. The lowest BCUT2D eigenvalue weighted by molar-refractivity contribution is -0.126. The predicted octanol–water partition coefficient (Wildman–Crippen LogP) is 4.88. The van der Waals surface area contributed by atoms with Crippen LogP contribution in [0.25, 0.3) is 11.0 Å². The number of halogens is 1. The van der Waals surface area contributed by atoms with E-state index in [1.54, 1.807) is 59.5 Å². The standard InChI is InChI=1S/C28H19ClN2O4/c1-2-15-31-26(33)25-23(24(32)19-7-3-6-10-22(19)35-25)28(31)20-8-4-5-9-21(20)30(27(28)34)16-17-11-13-18(29)14-12-17/h2-14H,1,15-16H2. The molecular weight excluding hydrogens is 464 g/mol. The van der Waals surface area contributed by atoms with E-state index < -0.39 is 16.9 Å². The van der Waals surface area contributed by atoms with Crippen LogP contribution in [0.5, 0.6) is 0 Å². The van der Waals surface area contributed by atoms with Gasteiger partial charge in [0.15, 0.2) is 11.0 Å². The van der Waals surface area contributed by atoms with Crippen LogP contribution < -0.4 is 10.3 Å². The van der Waals surface area contributed by atoms with E-state index in [0.29, 0.717) is 27.2 Å². The number of nitrogens with zero attached hydrogens (tertiary/aromatic N) is 2. The predicted molar refractivity (Wildman–Crippen MR) is 134 cm³/mol. The van der Waals surface area contributed by atoms with Crippen LogP contribution in [0.1, 0.15) is 27.2 Å². The number of fused-ring (bicyclic) bond motifs is 5. The van der Waals surface area contributed by atoms with Crippen LogP contribution in [-0.4, -0.2) is 23.3 Å². The van der Waals surface area contributed by atoms with Gasteiger partial charge in [-0.1, -0.05) is 60.1 Å². The van der Waals surface area contributed by atoms with Gasteiger partial charge in [0, 0.05) is 17.1 Å². The van der Waals surface area contributed by atoms with E-state index in [1.165, 1.54) is 4.90 Å². The number of hydrogen-bond acceptors (Lipinski definition) is 4. The summed E-state index contributed by atoms with van der Waals surface area (Å²) in [5.41, 5.74) is 0.383. The molecule has 3 aromatic carbocycles. The highest BCUT2D eigenvalue weighted by atomic mass is 35.5. The Morgan fingerprint density at radius 3 is 2.43 bits per heavy atom. The normalized spacial score (nSPS) is 18.4. The SMILES string of the molecule is C=CCN1C(=O)c2oc3ccccc3c(=O)c2C12C(=O)N(Cc1ccc(Cl)cc1)c1ccccc12. The second-order valence-electron chi connectivity index (χ2n) is 8.58. The number of benzene rings is 3. The lowest BCUT2D eigenvalue weighted by Crippen LogP contribution is -2.53. The van der Waals surface area contributed by atoms with Gasteiger partial charge in [-0.05, 0) is 35.9 Å². The van der Waals surface area contributed by atoms with Crippen molar-refractivity contribution in [2.24, 2.45) is 0 Å². The summed E-state index contributed by atoms with van der Waals surface area (Å²) in [5.74, 6) is -1.00. The van der Waals surface area contributed by atoms with Gasteiger partial charge in [0.25, 0.3) is 11.8 Å². The van der Waals surface area contributed by atoms with E-state index in [1.807, 2.05) is 24.3 Å². The number of hydrogen-bond donors (Lipinski definition) is 0. The molecule has 0 radical (unpaired) electrons. The summed E-state index contributed by atoms with van der Waals surface area (Å²) >= 11 is 6.05. The quantitative estimate of drug-likeness (QED) is 0.389. The molecule has 0 aliphatic carbocycles. The van der Waals surface area contributed by atoms with Crippen molar-refractivity contribution in [1.82, 2.24) is 4.90 Å². The fourth-order valence-corrected chi connectivity index (χ4v) is 5.37. The maximum Gasteiger partial charge on any atom is 0.291 e. The topological polar surface area (TPSA) is 70.8 Å². The molecule has 1 atom stereocenters. The molecule has 172 valence electrons. The molecule has 0 saturated heterocycles. The highest BCUT2D eigenvalue weighted by Crippen LogP contribution is 2.52. The molecule has 0 saturated carbocycles. The highest BCUT2D eigenvalue weighted by Gasteiger charge is 2.64. The van der Waals surface area contributed by atoms with E-state index in [2.05, 4.69) is 6.58 Å². The third-order valence-electron chi connectivity index (χ3n) is 6.71. The summed E-state index contributed by atoms with van der Waals surface area (Å²) in [7, 11) is 0. The summed E-state index contributed by atoms with van der Waals surface area (Å²) in [5, 5.41) is 0.913. The molecule has 6 nitrogen and oxygen atoms in total. The molecule has 0 N–H and O–H groups in total. The monoisotopic (exact) mass is 482 g/mol. The van der Waals surface area contributed by atoms with Crippen molar-refractivity contribution >= 4 is 40.1 Å². The molecule has 2 amide bonds. The number of anilines is 1. The van der Waals surface area contributed by atoms with Crippen LogP contribution in [0.3, 0.4) is 0 Å². The Bertz CT molecular complexity index is 1610. The Labute approximate surface area is 205 Å². The molecule has 2 aliphatic heterocycles. The number of amides is 2. The fourth-order valence-electron chi connectivity index (χ4n) is 5.25. The zero-order chi connectivity index (χ0) is 24.3. The van der Waals surface area contributed by atoms with E-state index in [0.717, 1.165) is 5.56 Å². The molecular formula is C28H19ClN2O4. The van der Waals surface area contributed by atoms with Crippen LogP contribution in [0.15, 0.2) is 94.7 Å². The molecule has 0 bridgehead atoms. The molecule has 7 heteroatoms. The van der Waals surface area contributed by atoms with Gasteiger partial charge in [-0.2, -0.15) is 0 Å². The second kappa shape index (κ2) is 7.68. The molecule has 1 spiro atoms. The second-order valence-corrected chi connectivity index (χ2v) is 9.02. The lowest BCUT2D eigenvalue weighted by atomic mass is 9.84. The first-order chi connectivity index (χ1) is 17.0. The molecule has 1 unspecified atom stereocenters. The lowest BCUT2D eigenvalue weighted by Gasteiger charge is -2.33. The van der Waals surface area contributed by atoms with Gasteiger partial charge >= 0.3 is 0 Å². The molecule has 4 aromatic rings. The first-order valence-electron chi connectivity index (χ1n) is 11.1. The van der Waals surface area contributed by atoms with Crippen LogP contribution >= 0.6 is 11.6 Å². The van der Waals surface area contributed by atoms with E-state index in [-0.39, 0.29) is 30.3 Å². The average molecular weight is 483 g/mol. The molecule has 0 fully saturated rings. The maximum absolute atomic E-state index is 14.4. The summed E-state index contributed by atoms with van der Waals surface area (Å²) < 4.78 is 5.98. The summed E-state index contributed by atoms with van der Waals surface area (Å²) in [4.78, 5) is 45.0. The smallest absolute Gasteiger partial charge is 0.291 e. The van der Waals surface area contributed by atoms with E-state index in [4.69, 9.17) is 16.0 Å². The number of para-hydroxylation sites is 2. The Balaban J connectivity index is 1.65. The van der Waals surface area contributed by atoms with Gasteiger partial charge in [-0.15, -0.1) is 6.58 Å². The third-order valence-corrected chi connectivity index (χ3v) is 6.96. The highest BCUT2D eigenvalue weighted by molar-refractivity contribution is 6.30. The Morgan fingerprint density at radius 1 is 0.943 bits per heavy atom. The van der Waals surface area contributed by atoms with Crippen LogP contribution in [0, 0.1) is 0 Å². The number of carbonyl (C=O) groups excluding carboxylic acids is 2. The van der Waals surface area contributed by atoms with Crippen molar-refractivity contribution in [3.05, 3.63) is 123 Å². The molecule has 35 heavy (non-hydrogen) atoms. The maximum atomic E-state index is 14.4. The van der Waals surface area contributed by atoms with Crippen molar-refractivity contribution < 1.29 is 14.0 Å². The zero-order valence-corrected chi connectivity index (χ0v) is 19.3. The van der Waals surface area contributed by atoms with E-state index >= 15 is 0 Å². The molecule has 2 aliphatic rings. The Kier molecular flexibility index (Phi) is 4.69. The van der Waals surface area contributed by atoms with Crippen molar-refractivity contribution in [3.8, 4) is 0 Å². The largest absolute Gasteiger partial charge is 0.450 e. The molecule has 1 aromatic heterocycles. The summed E-state index contributed by atoms with van der Waals surface area (Å²) in [6.07, 6.45) is 1.55. The molecule has 3 heterocycles. The molecule has 6 rings (SSSR count). The Morgan fingerprint density at radius 2 is 1.66 bits per heavy atom. The van der Waals surface area contributed by atoms with Gasteiger partial charge in [-0.25, -0.2) is 0 Å². The fraction of sp³-hybridized carbons (Fsp3) is 0.107.